The van der Waals surface area contributed by atoms with Gasteiger partial charge in [0.25, 0.3) is 0 Å². The molecule has 0 bridgehead atoms. The molecule has 2 amide bonds. The molecule has 2 saturated heterocycles. The predicted octanol–water partition coefficient (Wildman–Crippen LogP) is 3.32. The van der Waals surface area contributed by atoms with Crippen LogP contribution in [0.15, 0.2) is 24.3 Å². The number of nitrogens with zero attached hydrogens (tertiary/aromatic N) is 3. The van der Waals surface area contributed by atoms with Gasteiger partial charge in [0.2, 0.25) is 11.8 Å². The highest BCUT2D eigenvalue weighted by atomic mass is 35.5. The molecule has 0 spiro atoms. The smallest absolute Gasteiger partial charge is 0.246 e. The van der Waals surface area contributed by atoms with Crippen molar-refractivity contribution in [2.24, 2.45) is 0 Å². The van der Waals surface area contributed by atoms with E-state index >= 15 is 0 Å². The standard InChI is InChI=1S/C25H35Cl2N3O4/c1-34-18-20-4-2-3-11-30(20)17-21(31)9-12-28-14-15-29(13-10-25(28)33)24(32)8-6-19-5-7-22(26)23(27)16-19/h5-8,16,20-21,31H,2-4,9-15,17-18H2,1H3/b8-6+. The molecule has 3 rings (SSSR count). The molecule has 9 heteroatoms. The number of aliphatic hydroxyl groups is 1. The molecule has 2 atom stereocenters. The molecule has 34 heavy (non-hydrogen) atoms. The van der Waals surface area contributed by atoms with Gasteiger partial charge in [-0.1, -0.05) is 35.7 Å². The molecular formula is C25H35Cl2N3O4. The summed E-state index contributed by atoms with van der Waals surface area (Å²) in [5.41, 5.74) is 0.783. The Bertz CT molecular complexity index is 865. The van der Waals surface area contributed by atoms with Gasteiger partial charge in [-0.25, -0.2) is 0 Å². The topological polar surface area (TPSA) is 73.3 Å². The molecule has 0 aromatic heterocycles. The van der Waals surface area contributed by atoms with Crippen molar-refractivity contribution >= 4 is 41.1 Å². The van der Waals surface area contributed by atoms with Gasteiger partial charge in [-0.3, -0.25) is 14.5 Å². The van der Waals surface area contributed by atoms with Crippen molar-refractivity contribution in [3.63, 3.8) is 0 Å². The van der Waals surface area contributed by atoms with E-state index in [-0.39, 0.29) is 18.2 Å². The van der Waals surface area contributed by atoms with Crippen molar-refractivity contribution in [2.45, 2.75) is 44.2 Å². The van der Waals surface area contributed by atoms with Crippen LogP contribution in [0, 0.1) is 0 Å². The summed E-state index contributed by atoms with van der Waals surface area (Å²) in [4.78, 5) is 31.0. The summed E-state index contributed by atoms with van der Waals surface area (Å²) in [5.74, 6) is -0.124. The predicted molar refractivity (Wildman–Crippen MR) is 135 cm³/mol. The minimum atomic E-state index is -0.500. The lowest BCUT2D eigenvalue weighted by molar-refractivity contribution is -0.130. The molecule has 0 saturated carbocycles. The van der Waals surface area contributed by atoms with Crippen LogP contribution < -0.4 is 0 Å². The van der Waals surface area contributed by atoms with E-state index in [1.54, 1.807) is 41.2 Å². The number of piperidine rings is 1. The Morgan fingerprint density at radius 2 is 2.03 bits per heavy atom. The number of amides is 2. The number of halogens is 2. The monoisotopic (exact) mass is 511 g/mol. The Balaban J connectivity index is 1.46. The highest BCUT2D eigenvalue weighted by Crippen LogP contribution is 2.23. The van der Waals surface area contributed by atoms with E-state index in [4.69, 9.17) is 27.9 Å². The molecule has 2 heterocycles. The van der Waals surface area contributed by atoms with Gasteiger partial charge in [0.1, 0.15) is 0 Å². The number of benzene rings is 1. The third kappa shape index (κ3) is 7.95. The normalized spacial score (nSPS) is 21.2. The van der Waals surface area contributed by atoms with Crippen LogP contribution in [0.2, 0.25) is 10.0 Å². The fourth-order valence-electron chi connectivity index (χ4n) is 4.56. The Hall–Kier alpha value is -1.64. The first-order valence-corrected chi connectivity index (χ1v) is 12.7. The van der Waals surface area contributed by atoms with Crippen LogP contribution in [0.1, 0.15) is 37.7 Å². The summed E-state index contributed by atoms with van der Waals surface area (Å²) in [7, 11) is 1.71. The molecule has 2 aliphatic rings. The van der Waals surface area contributed by atoms with E-state index in [2.05, 4.69) is 4.90 Å². The molecular weight excluding hydrogens is 477 g/mol. The number of β-amino-alcohol motifs (C(OH)–C–C–N with tert-alkyl or cyclic N) is 1. The first-order valence-electron chi connectivity index (χ1n) is 12.0. The Kier molecular flexibility index (Phi) is 10.7. The number of carbonyl (C=O) groups excluding carboxylic acids is 2. The van der Waals surface area contributed by atoms with E-state index in [0.29, 0.717) is 61.8 Å². The molecule has 0 radical (unpaired) electrons. The van der Waals surface area contributed by atoms with Gasteiger partial charge in [0, 0.05) is 58.4 Å². The van der Waals surface area contributed by atoms with Crippen molar-refractivity contribution in [1.29, 1.82) is 0 Å². The Labute approximate surface area is 212 Å². The van der Waals surface area contributed by atoms with Crippen molar-refractivity contribution < 1.29 is 19.4 Å². The number of carbonyl (C=O) groups is 2. The Morgan fingerprint density at radius 3 is 2.79 bits per heavy atom. The summed E-state index contributed by atoms with van der Waals surface area (Å²) in [6.07, 6.45) is 6.93. The highest BCUT2D eigenvalue weighted by Gasteiger charge is 2.26. The molecule has 188 valence electrons. The number of rotatable bonds is 9. The number of ether oxygens (including phenoxy) is 1. The minimum Gasteiger partial charge on any atom is -0.392 e. The third-order valence-electron chi connectivity index (χ3n) is 6.55. The van der Waals surface area contributed by atoms with Gasteiger partial charge in [0.05, 0.1) is 22.8 Å². The number of hydrogen-bond acceptors (Lipinski definition) is 5. The lowest BCUT2D eigenvalue weighted by Crippen LogP contribution is -2.46. The highest BCUT2D eigenvalue weighted by molar-refractivity contribution is 6.42. The van der Waals surface area contributed by atoms with E-state index in [1.165, 1.54) is 12.5 Å². The van der Waals surface area contributed by atoms with Crippen LogP contribution in [0.5, 0.6) is 0 Å². The number of methoxy groups -OCH3 is 1. The zero-order valence-corrected chi connectivity index (χ0v) is 21.3. The summed E-state index contributed by atoms with van der Waals surface area (Å²) >= 11 is 12.0. The largest absolute Gasteiger partial charge is 0.392 e. The van der Waals surface area contributed by atoms with Crippen LogP contribution in [0.3, 0.4) is 0 Å². The van der Waals surface area contributed by atoms with Crippen LogP contribution in [0.4, 0.5) is 0 Å². The maximum atomic E-state index is 12.7. The molecule has 2 aliphatic heterocycles. The second-order valence-electron chi connectivity index (χ2n) is 9.01. The maximum absolute atomic E-state index is 12.7. The van der Waals surface area contributed by atoms with Crippen LogP contribution in [0.25, 0.3) is 6.08 Å². The number of likely N-dealkylation sites (tertiary alicyclic amines) is 1. The van der Waals surface area contributed by atoms with Crippen molar-refractivity contribution in [3.8, 4) is 0 Å². The van der Waals surface area contributed by atoms with Crippen LogP contribution >= 0.6 is 23.2 Å². The minimum absolute atomic E-state index is 0.0196. The maximum Gasteiger partial charge on any atom is 0.246 e. The van der Waals surface area contributed by atoms with Gasteiger partial charge >= 0.3 is 0 Å². The summed E-state index contributed by atoms with van der Waals surface area (Å²) in [5, 5.41) is 11.5. The molecule has 2 fully saturated rings. The van der Waals surface area contributed by atoms with E-state index in [9.17, 15) is 14.7 Å². The molecule has 1 aromatic carbocycles. The fraction of sp³-hybridized carbons (Fsp3) is 0.600. The van der Waals surface area contributed by atoms with E-state index in [0.717, 1.165) is 24.9 Å². The molecule has 1 aromatic rings. The van der Waals surface area contributed by atoms with Gasteiger partial charge in [-0.2, -0.15) is 0 Å². The van der Waals surface area contributed by atoms with Crippen molar-refractivity contribution in [1.82, 2.24) is 14.7 Å². The second-order valence-corrected chi connectivity index (χ2v) is 9.82. The van der Waals surface area contributed by atoms with Gasteiger partial charge < -0.3 is 19.6 Å². The quantitative estimate of drug-likeness (QED) is 0.514. The van der Waals surface area contributed by atoms with Crippen molar-refractivity contribution in [2.75, 3.05) is 53.0 Å². The van der Waals surface area contributed by atoms with E-state index in [1.807, 2.05) is 0 Å². The zero-order chi connectivity index (χ0) is 24.5. The fourth-order valence-corrected chi connectivity index (χ4v) is 4.87. The summed E-state index contributed by atoms with van der Waals surface area (Å²) < 4.78 is 5.33. The van der Waals surface area contributed by atoms with E-state index < -0.39 is 6.10 Å². The lowest BCUT2D eigenvalue weighted by Gasteiger charge is -2.36. The van der Waals surface area contributed by atoms with Gasteiger partial charge in [-0.15, -0.1) is 0 Å². The third-order valence-corrected chi connectivity index (χ3v) is 7.29. The number of hydrogen-bond donors (Lipinski definition) is 1. The molecule has 1 N–H and O–H groups in total. The first kappa shape index (κ1) is 27.0. The van der Waals surface area contributed by atoms with Crippen molar-refractivity contribution in [3.05, 3.63) is 39.9 Å². The summed E-state index contributed by atoms with van der Waals surface area (Å²) in [6, 6.07) is 5.53. The first-order chi connectivity index (χ1) is 16.4. The lowest BCUT2D eigenvalue weighted by atomic mass is 10.0. The summed E-state index contributed by atoms with van der Waals surface area (Å²) in [6.45, 7) is 4.06. The van der Waals surface area contributed by atoms with Crippen LogP contribution in [-0.4, -0.2) is 96.8 Å². The SMILES string of the molecule is COCC1CCCCN1CC(O)CCN1CCN(C(=O)/C=C/c2ccc(Cl)c(Cl)c2)CCC1=O. The average molecular weight is 512 g/mol. The van der Waals surface area contributed by atoms with Crippen LogP contribution in [-0.2, 0) is 14.3 Å². The molecule has 7 nitrogen and oxygen atoms in total. The number of aliphatic hydroxyl groups excluding tert-OH is 1. The average Bonchev–Trinajstić information content (AvgIpc) is 3.01. The van der Waals surface area contributed by atoms with Gasteiger partial charge in [0.15, 0.2) is 0 Å². The Morgan fingerprint density at radius 1 is 1.21 bits per heavy atom. The zero-order valence-electron chi connectivity index (χ0n) is 19.8. The second kappa shape index (κ2) is 13.4. The molecule has 0 aliphatic carbocycles. The molecule has 2 unspecified atom stereocenters. The van der Waals surface area contributed by atoms with Gasteiger partial charge in [-0.05, 0) is 49.6 Å².